The summed E-state index contributed by atoms with van der Waals surface area (Å²) in [4.78, 5) is 2.55. The van der Waals surface area contributed by atoms with Crippen LogP contribution in [0.3, 0.4) is 0 Å². The van der Waals surface area contributed by atoms with E-state index in [-0.39, 0.29) is 0 Å². The Hall–Kier alpha value is -0.170. The summed E-state index contributed by atoms with van der Waals surface area (Å²) in [6.45, 7) is 5.99. The first kappa shape index (κ1) is 17.2. The molecule has 2 rings (SSSR count). The smallest absolute Gasteiger partial charge is 0.211 e. The van der Waals surface area contributed by atoms with E-state index in [9.17, 15) is 8.42 Å². The monoisotopic (exact) mass is 317 g/mol. The van der Waals surface area contributed by atoms with Gasteiger partial charge in [-0.25, -0.2) is 12.7 Å². The highest BCUT2D eigenvalue weighted by molar-refractivity contribution is 7.88. The molecule has 0 aromatic heterocycles. The summed E-state index contributed by atoms with van der Waals surface area (Å²) in [5.74, 6) is 1.38. The normalized spacial score (nSPS) is 27.0. The van der Waals surface area contributed by atoms with Gasteiger partial charge in [-0.1, -0.05) is 0 Å². The Balaban J connectivity index is 1.73. The minimum absolute atomic E-state index is 0.516. The van der Waals surface area contributed by atoms with Crippen LogP contribution in [-0.4, -0.2) is 70.2 Å². The van der Waals surface area contributed by atoms with Gasteiger partial charge in [0.15, 0.2) is 0 Å². The largest absolute Gasteiger partial charge is 0.320 e. The Morgan fingerprint density at radius 2 is 1.81 bits per heavy atom. The molecule has 2 saturated heterocycles. The van der Waals surface area contributed by atoms with Crippen molar-refractivity contribution < 1.29 is 8.42 Å². The molecule has 2 aliphatic heterocycles. The standard InChI is InChI=1S/C15H31N3O2S/c1-16-8-5-14-6-10-17(11-7-14)12-15-4-3-9-18(13-15)21(2,19)20/h14-16H,3-13H2,1-2H3. The molecule has 124 valence electrons. The topological polar surface area (TPSA) is 52.6 Å². The summed E-state index contributed by atoms with van der Waals surface area (Å²) in [5, 5.41) is 3.23. The number of hydrogen-bond donors (Lipinski definition) is 1. The lowest BCUT2D eigenvalue weighted by atomic mass is 9.92. The average Bonchev–Trinajstić information content (AvgIpc) is 2.46. The van der Waals surface area contributed by atoms with Crippen molar-refractivity contribution >= 4 is 10.0 Å². The van der Waals surface area contributed by atoms with E-state index < -0.39 is 10.0 Å². The molecule has 2 fully saturated rings. The zero-order valence-corrected chi connectivity index (χ0v) is 14.4. The third-order valence-electron chi connectivity index (χ3n) is 4.98. The summed E-state index contributed by atoms with van der Waals surface area (Å²) in [5.41, 5.74) is 0. The van der Waals surface area contributed by atoms with Gasteiger partial charge in [-0.2, -0.15) is 0 Å². The number of hydrogen-bond acceptors (Lipinski definition) is 4. The summed E-state index contributed by atoms with van der Waals surface area (Å²) in [6.07, 6.45) is 7.40. The molecule has 0 bridgehead atoms. The number of likely N-dealkylation sites (tertiary alicyclic amines) is 1. The molecule has 1 N–H and O–H groups in total. The summed E-state index contributed by atoms with van der Waals surface area (Å²) >= 11 is 0. The quantitative estimate of drug-likeness (QED) is 0.793. The molecule has 0 aromatic carbocycles. The van der Waals surface area contributed by atoms with Crippen molar-refractivity contribution in [2.45, 2.75) is 32.1 Å². The SMILES string of the molecule is CNCCC1CCN(CC2CCCN(S(C)(=O)=O)C2)CC1. The number of nitrogens with one attached hydrogen (secondary N) is 1. The van der Waals surface area contributed by atoms with Gasteiger partial charge in [0.2, 0.25) is 10.0 Å². The number of piperidine rings is 2. The van der Waals surface area contributed by atoms with E-state index in [1.807, 2.05) is 7.05 Å². The number of nitrogens with zero attached hydrogens (tertiary/aromatic N) is 2. The molecule has 6 heteroatoms. The third-order valence-corrected chi connectivity index (χ3v) is 6.25. The Morgan fingerprint density at radius 3 is 2.43 bits per heavy atom. The molecule has 2 aliphatic rings. The highest BCUT2D eigenvalue weighted by Crippen LogP contribution is 2.24. The maximum Gasteiger partial charge on any atom is 0.211 e. The second-order valence-electron chi connectivity index (χ2n) is 6.77. The number of sulfonamides is 1. The first-order valence-electron chi connectivity index (χ1n) is 8.31. The van der Waals surface area contributed by atoms with Crippen molar-refractivity contribution in [3.05, 3.63) is 0 Å². The fourth-order valence-electron chi connectivity index (χ4n) is 3.65. The van der Waals surface area contributed by atoms with Crippen LogP contribution in [-0.2, 0) is 10.0 Å². The predicted molar refractivity (Wildman–Crippen MR) is 86.8 cm³/mol. The van der Waals surface area contributed by atoms with Gasteiger partial charge in [0.05, 0.1) is 6.26 Å². The number of rotatable bonds is 6. The molecular weight excluding hydrogens is 286 g/mol. The van der Waals surface area contributed by atoms with Crippen LogP contribution in [0.1, 0.15) is 32.1 Å². The van der Waals surface area contributed by atoms with Gasteiger partial charge in [0, 0.05) is 19.6 Å². The molecule has 1 atom stereocenters. The van der Waals surface area contributed by atoms with Gasteiger partial charge >= 0.3 is 0 Å². The van der Waals surface area contributed by atoms with Gasteiger partial charge < -0.3 is 10.2 Å². The highest BCUT2D eigenvalue weighted by Gasteiger charge is 2.28. The van der Waals surface area contributed by atoms with Crippen LogP contribution in [0, 0.1) is 11.8 Å². The minimum Gasteiger partial charge on any atom is -0.320 e. The van der Waals surface area contributed by atoms with E-state index in [1.165, 1.54) is 45.0 Å². The van der Waals surface area contributed by atoms with E-state index in [0.29, 0.717) is 12.5 Å². The Kier molecular flexibility index (Phi) is 6.47. The molecule has 0 aliphatic carbocycles. The van der Waals surface area contributed by atoms with Gasteiger partial charge in [-0.3, -0.25) is 0 Å². The molecule has 0 spiro atoms. The maximum atomic E-state index is 11.7. The third kappa shape index (κ3) is 5.51. The van der Waals surface area contributed by atoms with Gasteiger partial charge in [-0.05, 0) is 70.6 Å². The Morgan fingerprint density at radius 1 is 1.10 bits per heavy atom. The zero-order valence-electron chi connectivity index (χ0n) is 13.6. The lowest BCUT2D eigenvalue weighted by Crippen LogP contribution is -2.45. The lowest BCUT2D eigenvalue weighted by molar-refractivity contribution is 0.133. The first-order valence-corrected chi connectivity index (χ1v) is 10.2. The van der Waals surface area contributed by atoms with Gasteiger partial charge in [0.25, 0.3) is 0 Å². The fraction of sp³-hybridized carbons (Fsp3) is 1.00. The molecular formula is C15H31N3O2S. The highest BCUT2D eigenvalue weighted by atomic mass is 32.2. The summed E-state index contributed by atoms with van der Waals surface area (Å²) in [6, 6.07) is 0. The van der Waals surface area contributed by atoms with Crippen molar-refractivity contribution in [1.29, 1.82) is 0 Å². The molecule has 0 saturated carbocycles. The van der Waals surface area contributed by atoms with Crippen LogP contribution in [0.5, 0.6) is 0 Å². The average molecular weight is 317 g/mol. The van der Waals surface area contributed by atoms with Gasteiger partial charge in [0.1, 0.15) is 0 Å². The van der Waals surface area contributed by atoms with Crippen molar-refractivity contribution in [1.82, 2.24) is 14.5 Å². The molecule has 21 heavy (non-hydrogen) atoms. The minimum atomic E-state index is -3.01. The van der Waals surface area contributed by atoms with E-state index in [4.69, 9.17) is 0 Å². The predicted octanol–water partition coefficient (Wildman–Crippen LogP) is 0.980. The van der Waals surface area contributed by atoms with Crippen molar-refractivity contribution in [2.75, 3.05) is 52.6 Å². The van der Waals surface area contributed by atoms with Crippen LogP contribution in [0.25, 0.3) is 0 Å². The van der Waals surface area contributed by atoms with Gasteiger partial charge in [-0.15, -0.1) is 0 Å². The van der Waals surface area contributed by atoms with Crippen molar-refractivity contribution in [3.63, 3.8) is 0 Å². The fourth-order valence-corrected chi connectivity index (χ4v) is 4.59. The molecule has 0 radical (unpaired) electrons. The van der Waals surface area contributed by atoms with E-state index in [0.717, 1.165) is 32.0 Å². The molecule has 0 aromatic rings. The molecule has 0 amide bonds. The Bertz CT molecular complexity index is 405. The van der Waals surface area contributed by atoms with Crippen LogP contribution in [0.4, 0.5) is 0 Å². The second-order valence-corrected chi connectivity index (χ2v) is 8.75. The zero-order chi connectivity index (χ0) is 15.3. The van der Waals surface area contributed by atoms with Crippen LogP contribution < -0.4 is 5.32 Å². The van der Waals surface area contributed by atoms with Crippen molar-refractivity contribution in [3.8, 4) is 0 Å². The second kappa shape index (κ2) is 7.90. The molecule has 1 unspecified atom stereocenters. The Labute approximate surface area is 130 Å². The lowest BCUT2D eigenvalue weighted by Gasteiger charge is -2.37. The summed E-state index contributed by atoms with van der Waals surface area (Å²) < 4.78 is 25.0. The van der Waals surface area contributed by atoms with Crippen LogP contribution in [0.15, 0.2) is 0 Å². The van der Waals surface area contributed by atoms with E-state index in [2.05, 4.69) is 10.2 Å². The van der Waals surface area contributed by atoms with E-state index in [1.54, 1.807) is 4.31 Å². The van der Waals surface area contributed by atoms with Crippen molar-refractivity contribution in [2.24, 2.45) is 11.8 Å². The molecule has 5 nitrogen and oxygen atoms in total. The first-order chi connectivity index (χ1) is 9.99. The van der Waals surface area contributed by atoms with E-state index >= 15 is 0 Å². The molecule has 2 heterocycles. The van der Waals surface area contributed by atoms with Crippen LogP contribution >= 0.6 is 0 Å². The van der Waals surface area contributed by atoms with Crippen LogP contribution in [0.2, 0.25) is 0 Å². The summed E-state index contributed by atoms with van der Waals surface area (Å²) in [7, 11) is -0.991. The maximum absolute atomic E-state index is 11.7.